The van der Waals surface area contributed by atoms with E-state index in [0.29, 0.717) is 18.2 Å². The van der Waals surface area contributed by atoms with Crippen molar-refractivity contribution in [3.8, 4) is 0 Å². The molecular formula is C11H22N2O2S2. The van der Waals surface area contributed by atoms with E-state index in [2.05, 4.69) is 11.8 Å². The first-order valence-corrected chi connectivity index (χ1v) is 9.21. The largest absolute Gasteiger partial charge is 0.324 e. The lowest BCUT2D eigenvalue weighted by Gasteiger charge is -2.39. The first-order chi connectivity index (χ1) is 7.81. The quantitative estimate of drug-likeness (QED) is 0.813. The fourth-order valence-corrected chi connectivity index (χ4v) is 5.44. The maximum absolute atomic E-state index is 11.8. The summed E-state index contributed by atoms with van der Waals surface area (Å²) < 4.78 is 23.5. The van der Waals surface area contributed by atoms with Gasteiger partial charge in [-0.25, -0.2) is 8.42 Å². The Bertz CT molecular complexity index is 377. The number of hydrogen-bond donors (Lipinski definition) is 1. The molecule has 2 atom stereocenters. The van der Waals surface area contributed by atoms with Gasteiger partial charge in [0.2, 0.25) is 0 Å². The first kappa shape index (κ1) is 13.6. The van der Waals surface area contributed by atoms with Crippen LogP contribution >= 0.6 is 11.8 Å². The number of nitrogens with zero attached hydrogens (tertiary/aromatic N) is 1. The van der Waals surface area contributed by atoms with Gasteiger partial charge in [0.05, 0.1) is 0 Å². The van der Waals surface area contributed by atoms with E-state index in [0.717, 1.165) is 12.3 Å². The second-order valence-corrected chi connectivity index (χ2v) is 8.96. The molecule has 1 aliphatic carbocycles. The van der Waals surface area contributed by atoms with Gasteiger partial charge in [0.25, 0.3) is 0 Å². The van der Waals surface area contributed by atoms with Crippen LogP contribution in [0.1, 0.15) is 19.8 Å². The van der Waals surface area contributed by atoms with Crippen molar-refractivity contribution < 1.29 is 8.42 Å². The molecule has 0 radical (unpaired) electrons. The van der Waals surface area contributed by atoms with Gasteiger partial charge in [-0.1, -0.05) is 0 Å². The summed E-state index contributed by atoms with van der Waals surface area (Å²) in [6, 6.07) is 0. The Kier molecular flexibility index (Phi) is 3.79. The van der Waals surface area contributed by atoms with Crippen LogP contribution in [0, 0.1) is 5.92 Å². The second-order valence-electron chi connectivity index (χ2n) is 5.61. The number of rotatable bonds is 4. The Morgan fingerprint density at radius 2 is 2.12 bits per heavy atom. The minimum absolute atomic E-state index is 0.231. The molecule has 1 saturated carbocycles. The molecule has 0 aromatic rings. The van der Waals surface area contributed by atoms with Gasteiger partial charge in [0, 0.05) is 36.4 Å². The molecule has 2 aliphatic rings. The standard InChI is InChI=1S/C11H22N2O2S2/c1-11(12,9-3-4-9)8-13-5-6-16-7-10(13)17(2,14)15/h9-10H,3-8,12H2,1-2H3. The molecule has 6 heteroatoms. The highest BCUT2D eigenvalue weighted by atomic mass is 32.2. The van der Waals surface area contributed by atoms with Crippen LogP contribution in [0.25, 0.3) is 0 Å². The number of hydrogen-bond acceptors (Lipinski definition) is 5. The molecule has 17 heavy (non-hydrogen) atoms. The van der Waals surface area contributed by atoms with E-state index in [1.165, 1.54) is 19.1 Å². The van der Waals surface area contributed by atoms with Crippen molar-refractivity contribution in [3.63, 3.8) is 0 Å². The molecule has 0 amide bonds. The van der Waals surface area contributed by atoms with Crippen LogP contribution in [0.4, 0.5) is 0 Å². The third-order valence-electron chi connectivity index (χ3n) is 3.74. The molecule has 1 saturated heterocycles. The number of thioether (sulfide) groups is 1. The van der Waals surface area contributed by atoms with E-state index >= 15 is 0 Å². The van der Waals surface area contributed by atoms with Gasteiger partial charge in [-0.15, -0.1) is 0 Å². The smallest absolute Gasteiger partial charge is 0.164 e. The number of nitrogens with two attached hydrogens (primary N) is 1. The van der Waals surface area contributed by atoms with Crippen LogP contribution in [0.3, 0.4) is 0 Å². The van der Waals surface area contributed by atoms with Crippen LogP contribution in [0.15, 0.2) is 0 Å². The molecule has 100 valence electrons. The molecule has 0 aromatic carbocycles. The Morgan fingerprint density at radius 1 is 1.47 bits per heavy atom. The van der Waals surface area contributed by atoms with Crippen LogP contribution in [-0.2, 0) is 9.84 Å². The predicted molar refractivity (Wildman–Crippen MR) is 72.8 cm³/mol. The lowest BCUT2D eigenvalue weighted by Crippen LogP contribution is -2.56. The van der Waals surface area contributed by atoms with E-state index in [4.69, 9.17) is 5.73 Å². The second kappa shape index (κ2) is 4.72. The van der Waals surface area contributed by atoms with E-state index in [9.17, 15) is 8.42 Å². The van der Waals surface area contributed by atoms with Gasteiger partial charge in [0.1, 0.15) is 5.37 Å². The van der Waals surface area contributed by atoms with E-state index in [-0.39, 0.29) is 10.9 Å². The topological polar surface area (TPSA) is 63.4 Å². The maximum atomic E-state index is 11.8. The third kappa shape index (κ3) is 3.36. The highest BCUT2D eigenvalue weighted by molar-refractivity contribution is 8.00. The maximum Gasteiger partial charge on any atom is 0.164 e. The summed E-state index contributed by atoms with van der Waals surface area (Å²) in [5.41, 5.74) is 6.08. The molecule has 0 aromatic heterocycles. The summed E-state index contributed by atoms with van der Waals surface area (Å²) >= 11 is 1.72. The van der Waals surface area contributed by atoms with Gasteiger partial charge in [0.15, 0.2) is 9.84 Å². The first-order valence-electron chi connectivity index (χ1n) is 6.10. The van der Waals surface area contributed by atoms with Crippen molar-refractivity contribution in [1.29, 1.82) is 0 Å². The minimum Gasteiger partial charge on any atom is -0.324 e. The van der Waals surface area contributed by atoms with Crippen molar-refractivity contribution in [1.82, 2.24) is 4.90 Å². The zero-order valence-corrected chi connectivity index (χ0v) is 12.2. The predicted octanol–water partition coefficient (Wildman–Crippen LogP) is 0.533. The van der Waals surface area contributed by atoms with Crippen molar-refractivity contribution >= 4 is 21.6 Å². The summed E-state index contributed by atoms with van der Waals surface area (Å²) in [5, 5.41) is -0.345. The van der Waals surface area contributed by atoms with Crippen LogP contribution in [0.2, 0.25) is 0 Å². The zero-order chi connectivity index (χ0) is 12.7. The molecular weight excluding hydrogens is 256 g/mol. The van der Waals surface area contributed by atoms with Crippen molar-refractivity contribution in [3.05, 3.63) is 0 Å². The fourth-order valence-electron chi connectivity index (χ4n) is 2.50. The van der Waals surface area contributed by atoms with E-state index < -0.39 is 9.84 Å². The normalized spacial score (nSPS) is 31.1. The number of sulfone groups is 1. The molecule has 4 nitrogen and oxygen atoms in total. The van der Waals surface area contributed by atoms with E-state index in [1.54, 1.807) is 11.8 Å². The molecule has 2 unspecified atom stereocenters. The average molecular weight is 278 g/mol. The molecule has 1 aliphatic heterocycles. The third-order valence-corrected chi connectivity index (χ3v) is 6.43. The van der Waals surface area contributed by atoms with Gasteiger partial charge in [-0.05, 0) is 25.7 Å². The molecule has 2 fully saturated rings. The molecule has 0 bridgehead atoms. The Morgan fingerprint density at radius 3 is 2.65 bits per heavy atom. The van der Waals surface area contributed by atoms with E-state index in [1.807, 2.05) is 0 Å². The minimum atomic E-state index is -3.00. The lowest BCUT2D eigenvalue weighted by atomic mass is 9.96. The molecule has 0 spiro atoms. The molecule has 1 heterocycles. The van der Waals surface area contributed by atoms with Gasteiger partial charge < -0.3 is 5.73 Å². The van der Waals surface area contributed by atoms with Gasteiger partial charge in [-0.3, -0.25) is 4.90 Å². The van der Waals surface area contributed by atoms with Crippen molar-refractivity contribution in [2.45, 2.75) is 30.7 Å². The monoisotopic (exact) mass is 278 g/mol. The van der Waals surface area contributed by atoms with Crippen LogP contribution < -0.4 is 5.73 Å². The summed E-state index contributed by atoms with van der Waals surface area (Å²) in [7, 11) is -3.00. The van der Waals surface area contributed by atoms with Crippen LogP contribution in [0.5, 0.6) is 0 Å². The van der Waals surface area contributed by atoms with Crippen molar-refractivity contribution in [2.75, 3.05) is 30.9 Å². The van der Waals surface area contributed by atoms with Crippen LogP contribution in [-0.4, -0.2) is 55.1 Å². The zero-order valence-electron chi connectivity index (χ0n) is 10.6. The fraction of sp³-hybridized carbons (Fsp3) is 1.00. The van der Waals surface area contributed by atoms with Gasteiger partial charge >= 0.3 is 0 Å². The summed E-state index contributed by atoms with van der Waals surface area (Å²) in [5.74, 6) is 2.27. The summed E-state index contributed by atoms with van der Waals surface area (Å²) in [4.78, 5) is 2.07. The lowest BCUT2D eigenvalue weighted by molar-refractivity contribution is 0.199. The summed E-state index contributed by atoms with van der Waals surface area (Å²) in [6.45, 7) is 3.60. The molecule has 2 N–H and O–H groups in total. The Balaban J connectivity index is 2.06. The molecule has 2 rings (SSSR count). The Hall–Kier alpha value is 0.220. The average Bonchev–Trinajstić information content (AvgIpc) is 2.99. The van der Waals surface area contributed by atoms with Gasteiger partial charge in [-0.2, -0.15) is 11.8 Å². The Labute approximate surface area is 108 Å². The SMILES string of the molecule is CC(N)(CN1CCSCC1S(C)(=O)=O)C1CC1. The highest BCUT2D eigenvalue weighted by Gasteiger charge is 2.42. The van der Waals surface area contributed by atoms with Crippen molar-refractivity contribution in [2.24, 2.45) is 11.7 Å². The highest BCUT2D eigenvalue weighted by Crippen LogP contribution is 2.39. The summed E-state index contributed by atoms with van der Waals surface area (Å²) in [6.07, 6.45) is 3.72.